The normalized spacial score (nSPS) is 17.4. The van der Waals surface area contributed by atoms with Crippen molar-refractivity contribution in [2.24, 2.45) is 0 Å². The van der Waals surface area contributed by atoms with Gasteiger partial charge < -0.3 is 20.7 Å². The second-order valence-electron chi connectivity index (χ2n) is 10.3. The van der Waals surface area contributed by atoms with Crippen molar-refractivity contribution in [2.75, 3.05) is 10.6 Å². The molecule has 0 bridgehead atoms. The Balaban J connectivity index is 1.55. The van der Waals surface area contributed by atoms with Crippen molar-refractivity contribution in [1.82, 2.24) is 30.3 Å². The molecule has 0 saturated heterocycles. The first-order chi connectivity index (χ1) is 18.0. The lowest BCUT2D eigenvalue weighted by Gasteiger charge is -2.33. The zero-order chi connectivity index (χ0) is 27.4. The number of hydrogen-bond donors (Lipinski definition) is 3. The average Bonchev–Trinajstić information content (AvgIpc) is 3.19. The van der Waals surface area contributed by atoms with Gasteiger partial charge in [-0.2, -0.15) is 15.5 Å². The van der Waals surface area contributed by atoms with E-state index < -0.39 is 17.5 Å². The number of aryl methyl sites for hydroxylation is 2. The van der Waals surface area contributed by atoms with Crippen molar-refractivity contribution < 1.29 is 13.9 Å². The van der Waals surface area contributed by atoms with Crippen molar-refractivity contribution in [2.45, 2.75) is 78.0 Å². The van der Waals surface area contributed by atoms with E-state index in [1.807, 2.05) is 19.9 Å². The number of aromatic nitrogens is 5. The topological polar surface area (TPSA) is 143 Å². The molecule has 3 heterocycles. The summed E-state index contributed by atoms with van der Waals surface area (Å²) in [5.74, 6) is -0.505. The van der Waals surface area contributed by atoms with Gasteiger partial charge in [0.2, 0.25) is 0 Å². The molecule has 1 amide bonds. The van der Waals surface area contributed by atoms with Crippen LogP contribution in [0.5, 0.6) is 0 Å². The van der Waals surface area contributed by atoms with Crippen molar-refractivity contribution in [3.63, 3.8) is 0 Å². The Morgan fingerprint density at radius 3 is 2.45 bits per heavy atom. The summed E-state index contributed by atoms with van der Waals surface area (Å²) in [6, 6.07) is 4.35. The highest BCUT2D eigenvalue weighted by Gasteiger charge is 2.29. The largest absolute Gasteiger partial charge is 0.444 e. The van der Waals surface area contributed by atoms with E-state index in [-0.39, 0.29) is 29.3 Å². The van der Waals surface area contributed by atoms with E-state index in [2.05, 4.69) is 36.1 Å². The average molecular weight is 522 g/mol. The number of ether oxygens (including phenoxy) is 1. The molecule has 200 valence electrons. The molecule has 1 fully saturated rings. The summed E-state index contributed by atoms with van der Waals surface area (Å²) in [7, 11) is 0. The number of anilines is 3. The molecular weight excluding hydrogens is 489 g/mol. The molecule has 3 aromatic heterocycles. The molecule has 12 heteroatoms. The van der Waals surface area contributed by atoms with Gasteiger partial charge >= 0.3 is 6.09 Å². The molecule has 1 aliphatic rings. The van der Waals surface area contributed by atoms with Crippen molar-refractivity contribution >= 4 is 23.4 Å². The van der Waals surface area contributed by atoms with Crippen molar-refractivity contribution in [1.29, 1.82) is 5.26 Å². The van der Waals surface area contributed by atoms with E-state index in [0.29, 0.717) is 17.8 Å². The Morgan fingerprint density at radius 1 is 1.11 bits per heavy atom. The number of amides is 1. The van der Waals surface area contributed by atoms with Crippen molar-refractivity contribution in [3.8, 4) is 11.8 Å². The van der Waals surface area contributed by atoms with Gasteiger partial charge in [-0.1, -0.05) is 12.8 Å². The van der Waals surface area contributed by atoms with Crippen LogP contribution in [0.1, 0.15) is 63.4 Å². The fourth-order valence-corrected chi connectivity index (χ4v) is 4.19. The summed E-state index contributed by atoms with van der Waals surface area (Å²) in [6.07, 6.45) is 5.95. The van der Waals surface area contributed by atoms with E-state index in [1.165, 1.54) is 4.80 Å². The zero-order valence-electron chi connectivity index (χ0n) is 22.2. The predicted octanol–water partition coefficient (Wildman–Crippen LogP) is 4.68. The van der Waals surface area contributed by atoms with Gasteiger partial charge in [0.15, 0.2) is 17.5 Å². The molecule has 2 atom stereocenters. The Morgan fingerprint density at radius 2 is 1.79 bits per heavy atom. The fraction of sp³-hybridized carbons (Fsp3) is 0.462. The molecule has 0 radical (unpaired) electrons. The van der Waals surface area contributed by atoms with Crippen LogP contribution in [0.25, 0.3) is 5.69 Å². The lowest BCUT2D eigenvalue weighted by molar-refractivity contribution is 0.0488. The molecule has 1 aliphatic carbocycles. The number of carbonyl (C=O) groups is 1. The van der Waals surface area contributed by atoms with Crippen LogP contribution >= 0.6 is 0 Å². The first-order valence-corrected chi connectivity index (χ1v) is 12.5. The number of nitriles is 1. The maximum atomic E-state index is 15.0. The molecule has 0 spiro atoms. The Bertz CT molecular complexity index is 1340. The molecule has 0 unspecified atom stereocenters. The number of alkyl carbamates (subject to hydrolysis) is 1. The van der Waals surface area contributed by atoms with Crippen LogP contribution in [0.15, 0.2) is 24.5 Å². The molecule has 3 N–H and O–H groups in total. The van der Waals surface area contributed by atoms with Gasteiger partial charge in [0, 0.05) is 6.04 Å². The van der Waals surface area contributed by atoms with Gasteiger partial charge in [-0.25, -0.2) is 14.2 Å². The van der Waals surface area contributed by atoms with E-state index in [0.717, 1.165) is 36.7 Å². The van der Waals surface area contributed by atoms with Crippen LogP contribution < -0.4 is 16.0 Å². The minimum absolute atomic E-state index is 0.0153. The van der Waals surface area contributed by atoms with Crippen LogP contribution in [0.4, 0.5) is 26.5 Å². The lowest BCUT2D eigenvalue weighted by atomic mass is 9.90. The monoisotopic (exact) mass is 521 g/mol. The summed E-state index contributed by atoms with van der Waals surface area (Å²) in [5, 5.41) is 27.5. The first kappa shape index (κ1) is 26.8. The third-order valence-electron chi connectivity index (χ3n) is 6.12. The molecule has 4 rings (SSSR count). The summed E-state index contributed by atoms with van der Waals surface area (Å²) >= 11 is 0. The van der Waals surface area contributed by atoms with Gasteiger partial charge in [0.1, 0.15) is 17.4 Å². The number of halogens is 1. The van der Waals surface area contributed by atoms with Gasteiger partial charge in [0.25, 0.3) is 0 Å². The summed E-state index contributed by atoms with van der Waals surface area (Å²) < 4.78 is 20.4. The highest BCUT2D eigenvalue weighted by Crippen LogP contribution is 2.27. The Kier molecular flexibility index (Phi) is 7.75. The minimum Gasteiger partial charge on any atom is -0.444 e. The fourth-order valence-electron chi connectivity index (χ4n) is 4.19. The van der Waals surface area contributed by atoms with E-state index in [1.54, 1.807) is 39.2 Å². The number of nitrogens with one attached hydrogen (secondary N) is 3. The van der Waals surface area contributed by atoms with Gasteiger partial charge in [-0.3, -0.25) is 4.98 Å². The molecule has 0 aromatic carbocycles. The molecule has 0 aliphatic heterocycles. The SMILES string of the molecule is Cc1nn(-c2cncc(Nc3nc(N[C@@H]4CCCC[C@@H]4NC(=O)OC(C)(C)C)c(F)cc3C#N)c2)nc1C. The third kappa shape index (κ3) is 6.53. The highest BCUT2D eigenvalue weighted by atomic mass is 19.1. The molecular formula is C26H32FN9O2. The highest BCUT2D eigenvalue weighted by molar-refractivity contribution is 5.69. The maximum absolute atomic E-state index is 15.0. The number of hydrogen-bond acceptors (Lipinski definition) is 9. The molecule has 38 heavy (non-hydrogen) atoms. The molecule has 1 saturated carbocycles. The van der Waals surface area contributed by atoms with Crippen LogP contribution in [0.3, 0.4) is 0 Å². The van der Waals surface area contributed by atoms with Crippen LogP contribution in [-0.2, 0) is 4.74 Å². The first-order valence-electron chi connectivity index (χ1n) is 12.5. The zero-order valence-corrected chi connectivity index (χ0v) is 22.2. The number of carbonyl (C=O) groups excluding carboxylic acids is 1. The second kappa shape index (κ2) is 11.0. The van der Waals surface area contributed by atoms with E-state index in [9.17, 15) is 10.1 Å². The van der Waals surface area contributed by atoms with Gasteiger partial charge in [-0.05, 0) is 59.6 Å². The third-order valence-corrected chi connectivity index (χ3v) is 6.12. The summed E-state index contributed by atoms with van der Waals surface area (Å²) in [4.78, 5) is 22.5. The quantitative estimate of drug-likeness (QED) is 0.421. The Hall–Kier alpha value is -4.27. The van der Waals surface area contributed by atoms with Gasteiger partial charge in [-0.15, -0.1) is 4.80 Å². The maximum Gasteiger partial charge on any atom is 0.407 e. The minimum atomic E-state index is -0.660. The van der Waals surface area contributed by atoms with E-state index in [4.69, 9.17) is 4.74 Å². The number of pyridine rings is 2. The number of rotatable bonds is 6. The van der Waals surface area contributed by atoms with Gasteiger partial charge in [0.05, 0.1) is 41.1 Å². The van der Waals surface area contributed by atoms with Crippen molar-refractivity contribution in [3.05, 3.63) is 47.3 Å². The summed E-state index contributed by atoms with van der Waals surface area (Å²) in [6.45, 7) is 9.13. The molecule has 11 nitrogen and oxygen atoms in total. The van der Waals surface area contributed by atoms with Crippen LogP contribution in [0.2, 0.25) is 0 Å². The predicted molar refractivity (Wildman–Crippen MR) is 140 cm³/mol. The molecule has 3 aromatic rings. The smallest absolute Gasteiger partial charge is 0.407 e. The number of nitrogens with zero attached hydrogens (tertiary/aromatic N) is 6. The van der Waals surface area contributed by atoms with Crippen LogP contribution in [0, 0.1) is 31.0 Å². The second-order valence-corrected chi connectivity index (χ2v) is 10.3. The Labute approximate surface area is 220 Å². The van der Waals surface area contributed by atoms with Crippen LogP contribution in [-0.4, -0.2) is 48.7 Å². The summed E-state index contributed by atoms with van der Waals surface area (Å²) in [5.41, 5.74) is 2.15. The standard InChI is InChI=1S/C26H32FN9O2/c1-15-16(2)35-36(34-15)19-11-18(13-29-14-19)30-23-17(12-28)10-20(27)24(33-23)31-21-8-6-7-9-22(21)32-25(37)38-26(3,4)5/h10-11,13-14,21-22H,6-9H2,1-5H3,(H,32,37)(H2,30,31,33)/t21-,22+/m1/s1. The lowest BCUT2D eigenvalue weighted by Crippen LogP contribution is -2.50. The van der Waals surface area contributed by atoms with E-state index >= 15 is 4.39 Å².